The highest BCUT2D eigenvalue weighted by molar-refractivity contribution is 7.90. The van der Waals surface area contributed by atoms with Crippen LogP contribution in [0.5, 0.6) is 5.75 Å². The molecule has 0 bridgehead atoms. The van der Waals surface area contributed by atoms with E-state index in [0.717, 1.165) is 39.2 Å². The Morgan fingerprint density at radius 2 is 2.11 bits per heavy atom. The molecule has 0 saturated heterocycles. The van der Waals surface area contributed by atoms with Crippen LogP contribution in [0.3, 0.4) is 0 Å². The number of nitrogens with one attached hydrogen (secondary N) is 1. The van der Waals surface area contributed by atoms with E-state index in [9.17, 15) is 18.5 Å². The summed E-state index contributed by atoms with van der Waals surface area (Å²) in [7, 11) is -2.66. The first kappa shape index (κ1) is 24.9. The van der Waals surface area contributed by atoms with Gasteiger partial charge >= 0.3 is 5.97 Å². The Hall–Kier alpha value is -3.26. The van der Waals surface area contributed by atoms with Crippen LogP contribution in [0.15, 0.2) is 42.6 Å². The molecule has 0 spiro atoms. The summed E-state index contributed by atoms with van der Waals surface area (Å²) in [5.41, 5.74) is 4.24. The normalized spacial score (nSPS) is 15.0. The van der Waals surface area contributed by atoms with E-state index in [2.05, 4.69) is 20.5 Å². The van der Waals surface area contributed by atoms with Gasteiger partial charge in [-0.05, 0) is 61.6 Å². The zero-order chi connectivity index (χ0) is 25.2. The molecule has 0 amide bonds. The number of nitrogens with zero attached hydrogens (tertiary/aromatic N) is 2. The number of methoxy groups -OCH3 is 1. The topological polar surface area (TPSA) is 118 Å². The second-order valence-corrected chi connectivity index (χ2v) is 11.2. The fraction of sp³-hybridized carbons (Fsp3) is 0.320. The molecule has 0 unspecified atom stereocenters. The minimum atomic E-state index is -3.82. The third kappa shape index (κ3) is 5.53. The summed E-state index contributed by atoms with van der Waals surface area (Å²) >= 11 is 1.51. The number of carbonyl (C=O) groups is 1. The zero-order valence-corrected chi connectivity index (χ0v) is 21.2. The third-order valence-corrected chi connectivity index (χ3v) is 7.95. The number of carbonyl (C=O) groups excluding carboxylic acids is 1. The number of ether oxygens (including phenoxy) is 2. The van der Waals surface area contributed by atoms with Crippen LogP contribution in [-0.4, -0.2) is 38.3 Å². The minimum absolute atomic E-state index is 0.0339. The van der Waals surface area contributed by atoms with E-state index in [1.807, 2.05) is 38.1 Å². The average Bonchev–Trinajstić information content (AvgIpc) is 3.46. The van der Waals surface area contributed by atoms with E-state index < -0.39 is 27.8 Å². The predicted molar refractivity (Wildman–Crippen MR) is 133 cm³/mol. The van der Waals surface area contributed by atoms with Crippen molar-refractivity contribution < 1.29 is 22.7 Å². The lowest BCUT2D eigenvalue weighted by Crippen LogP contribution is -2.33. The maximum Gasteiger partial charge on any atom is 0.322 e. The van der Waals surface area contributed by atoms with Gasteiger partial charge in [-0.3, -0.25) is 4.79 Å². The van der Waals surface area contributed by atoms with Gasteiger partial charge in [-0.25, -0.2) is 18.1 Å². The summed E-state index contributed by atoms with van der Waals surface area (Å²) < 4.78 is 37.6. The highest BCUT2D eigenvalue weighted by Gasteiger charge is 2.30. The first-order valence-corrected chi connectivity index (χ1v) is 13.5. The van der Waals surface area contributed by atoms with Crippen LogP contribution in [0.2, 0.25) is 0 Å². The quantitative estimate of drug-likeness (QED) is 0.450. The molecule has 0 aliphatic heterocycles. The number of rotatable bonds is 8. The number of aromatic nitrogens is 1. The lowest BCUT2D eigenvalue weighted by atomic mass is 10.0. The van der Waals surface area contributed by atoms with Crippen molar-refractivity contribution in [1.29, 1.82) is 5.26 Å². The van der Waals surface area contributed by atoms with Crippen molar-refractivity contribution in [2.24, 2.45) is 0 Å². The van der Waals surface area contributed by atoms with E-state index in [0.29, 0.717) is 24.2 Å². The summed E-state index contributed by atoms with van der Waals surface area (Å²) in [6.07, 6.45) is 3.06. The predicted octanol–water partition coefficient (Wildman–Crippen LogP) is 4.22. The number of nitriles is 1. The van der Waals surface area contributed by atoms with Gasteiger partial charge < -0.3 is 9.47 Å². The molecule has 1 aliphatic carbocycles. The van der Waals surface area contributed by atoms with Crippen molar-refractivity contribution in [1.82, 2.24) is 9.71 Å². The fourth-order valence-corrected chi connectivity index (χ4v) is 6.27. The van der Waals surface area contributed by atoms with Crippen LogP contribution in [0.1, 0.15) is 43.0 Å². The van der Waals surface area contributed by atoms with Crippen LogP contribution in [-0.2, 0) is 26.0 Å². The van der Waals surface area contributed by atoms with Gasteiger partial charge in [0.2, 0.25) is 10.0 Å². The summed E-state index contributed by atoms with van der Waals surface area (Å²) in [4.78, 5) is 17.0. The van der Waals surface area contributed by atoms with Crippen molar-refractivity contribution in [2.45, 2.75) is 38.8 Å². The molecule has 1 aromatic heterocycles. The van der Waals surface area contributed by atoms with E-state index in [4.69, 9.17) is 4.74 Å². The third-order valence-electron chi connectivity index (χ3n) is 5.61. The molecule has 35 heavy (non-hydrogen) atoms. The second kappa shape index (κ2) is 10.2. The minimum Gasteiger partial charge on any atom is -0.490 e. The Bertz CT molecular complexity index is 1410. The van der Waals surface area contributed by atoms with Crippen LogP contribution in [0.4, 0.5) is 0 Å². The SMILES string of the molecule is COC(=O)CS(=O)(=O)N[C@H]1CCc2c(-c3cnc(-c4ccc(OC(C)C)c(C#N)c4)s3)cccc21. The maximum absolute atomic E-state index is 12.4. The molecule has 0 radical (unpaired) electrons. The van der Waals surface area contributed by atoms with Gasteiger partial charge in [0.05, 0.1) is 23.7 Å². The summed E-state index contributed by atoms with van der Waals surface area (Å²) in [6, 6.07) is 13.1. The van der Waals surface area contributed by atoms with E-state index in [-0.39, 0.29) is 6.10 Å². The molecule has 1 N–H and O–H groups in total. The number of thiazole rings is 1. The van der Waals surface area contributed by atoms with Gasteiger partial charge in [0.1, 0.15) is 16.8 Å². The summed E-state index contributed by atoms with van der Waals surface area (Å²) in [6.45, 7) is 3.82. The van der Waals surface area contributed by atoms with Crippen LogP contribution in [0.25, 0.3) is 21.0 Å². The summed E-state index contributed by atoms with van der Waals surface area (Å²) in [5.74, 6) is -0.964. The Morgan fingerprint density at radius 1 is 1.31 bits per heavy atom. The molecule has 0 saturated carbocycles. The van der Waals surface area contributed by atoms with Crippen molar-refractivity contribution in [3.05, 3.63) is 59.3 Å². The lowest BCUT2D eigenvalue weighted by Gasteiger charge is -2.14. The fourth-order valence-electron chi connectivity index (χ4n) is 4.12. The molecule has 182 valence electrons. The van der Waals surface area contributed by atoms with Gasteiger partial charge in [-0.15, -0.1) is 11.3 Å². The van der Waals surface area contributed by atoms with Crippen molar-refractivity contribution in [3.63, 3.8) is 0 Å². The van der Waals surface area contributed by atoms with E-state index in [1.54, 1.807) is 18.3 Å². The monoisotopic (exact) mass is 511 g/mol. The molecule has 4 rings (SSSR count). The molecule has 0 fully saturated rings. The van der Waals surface area contributed by atoms with Crippen LogP contribution >= 0.6 is 11.3 Å². The highest BCUT2D eigenvalue weighted by atomic mass is 32.2. The van der Waals surface area contributed by atoms with Gasteiger partial charge in [0, 0.05) is 17.8 Å². The summed E-state index contributed by atoms with van der Waals surface area (Å²) in [5, 5.41) is 10.3. The molecule has 2 aromatic carbocycles. The molecular weight excluding hydrogens is 486 g/mol. The number of esters is 1. The smallest absolute Gasteiger partial charge is 0.322 e. The lowest BCUT2D eigenvalue weighted by molar-refractivity contribution is -0.137. The number of benzene rings is 2. The average molecular weight is 512 g/mol. The van der Waals surface area contributed by atoms with Crippen molar-refractivity contribution >= 4 is 27.3 Å². The van der Waals surface area contributed by atoms with Crippen LogP contribution < -0.4 is 9.46 Å². The molecule has 8 nitrogen and oxygen atoms in total. The molecule has 1 heterocycles. The Balaban J connectivity index is 1.60. The van der Waals surface area contributed by atoms with Gasteiger partial charge in [0.25, 0.3) is 0 Å². The van der Waals surface area contributed by atoms with Crippen LogP contribution in [0, 0.1) is 11.3 Å². The molecular formula is C25H25N3O5S2. The first-order valence-electron chi connectivity index (χ1n) is 11.1. The number of sulfonamides is 1. The largest absolute Gasteiger partial charge is 0.490 e. The van der Waals surface area contributed by atoms with Gasteiger partial charge in [0.15, 0.2) is 5.75 Å². The number of hydrogen-bond acceptors (Lipinski definition) is 8. The highest BCUT2D eigenvalue weighted by Crippen LogP contribution is 2.41. The Kier molecular flexibility index (Phi) is 7.21. The van der Waals surface area contributed by atoms with E-state index in [1.165, 1.54) is 11.3 Å². The molecule has 1 aliphatic rings. The van der Waals surface area contributed by atoms with Crippen molar-refractivity contribution in [2.75, 3.05) is 12.9 Å². The van der Waals surface area contributed by atoms with E-state index >= 15 is 0 Å². The van der Waals surface area contributed by atoms with Gasteiger partial charge in [-0.1, -0.05) is 18.2 Å². The number of hydrogen-bond donors (Lipinski definition) is 1. The zero-order valence-electron chi connectivity index (χ0n) is 19.6. The molecule has 3 aromatic rings. The van der Waals surface area contributed by atoms with Gasteiger partial charge in [-0.2, -0.15) is 5.26 Å². The number of fused-ring (bicyclic) bond motifs is 1. The maximum atomic E-state index is 12.4. The molecule has 1 atom stereocenters. The molecule has 10 heteroatoms. The Labute approximate surface area is 208 Å². The Morgan fingerprint density at radius 3 is 2.83 bits per heavy atom. The standard InChI is InChI=1S/C25H25N3O5S2/c1-15(2)33-22-10-7-16(11-17(22)12-26)25-27-13-23(34-25)20-6-4-5-19-18(20)8-9-21(19)28-35(30,31)14-24(29)32-3/h4-7,10-11,13,15,21,28H,8-9,14H2,1-3H3/t21-/m0/s1. The van der Waals surface area contributed by atoms with Crippen molar-refractivity contribution in [3.8, 4) is 32.8 Å². The second-order valence-electron chi connectivity index (χ2n) is 8.44. The first-order chi connectivity index (χ1) is 16.7.